The number of ether oxygens (including phenoxy) is 1. The predicted octanol–water partition coefficient (Wildman–Crippen LogP) is 3.40. The maximum Gasteiger partial charge on any atom is 0.293 e. The summed E-state index contributed by atoms with van der Waals surface area (Å²) in [6, 6.07) is 0. The first kappa shape index (κ1) is 13.5. The topological polar surface area (TPSA) is 26.3 Å². The Labute approximate surface area is 88.0 Å². The number of carbonyl (C=O) groups excluding carboxylic acids is 1. The third-order valence-electron chi connectivity index (χ3n) is 2.47. The first-order valence-electron chi connectivity index (χ1n) is 5.65. The van der Waals surface area contributed by atoms with Crippen LogP contribution >= 0.6 is 0 Å². The van der Waals surface area contributed by atoms with E-state index in [4.69, 9.17) is 4.74 Å². The fourth-order valence-electron chi connectivity index (χ4n) is 1.84. The zero-order valence-electron chi connectivity index (χ0n) is 9.95. The number of carbonyl (C=O) groups is 1. The van der Waals surface area contributed by atoms with Crippen LogP contribution < -0.4 is 0 Å². The van der Waals surface area contributed by atoms with Crippen molar-refractivity contribution in [2.24, 2.45) is 11.8 Å². The fourth-order valence-corrected chi connectivity index (χ4v) is 1.84. The Morgan fingerprint density at radius 1 is 1.14 bits per heavy atom. The van der Waals surface area contributed by atoms with E-state index in [1.54, 1.807) is 0 Å². The SMILES string of the molecule is CC(C)CC(C)CCCC(C)OC=O. The van der Waals surface area contributed by atoms with E-state index in [0.29, 0.717) is 6.47 Å². The Morgan fingerprint density at radius 2 is 1.79 bits per heavy atom. The zero-order valence-corrected chi connectivity index (χ0v) is 9.95. The first-order valence-corrected chi connectivity index (χ1v) is 5.65. The average Bonchev–Trinajstić information content (AvgIpc) is 2.02. The lowest BCUT2D eigenvalue weighted by molar-refractivity contribution is -0.133. The van der Waals surface area contributed by atoms with Gasteiger partial charge in [0.25, 0.3) is 6.47 Å². The third kappa shape index (κ3) is 8.09. The molecule has 0 aromatic rings. The van der Waals surface area contributed by atoms with Crippen LogP contribution in [0.4, 0.5) is 0 Å². The lowest BCUT2D eigenvalue weighted by atomic mass is 9.93. The lowest BCUT2D eigenvalue weighted by Gasteiger charge is -2.15. The average molecular weight is 200 g/mol. The summed E-state index contributed by atoms with van der Waals surface area (Å²) in [5, 5.41) is 0. The molecule has 0 bridgehead atoms. The van der Waals surface area contributed by atoms with E-state index in [1.165, 1.54) is 12.8 Å². The summed E-state index contributed by atoms with van der Waals surface area (Å²) < 4.78 is 4.82. The van der Waals surface area contributed by atoms with Gasteiger partial charge in [0.15, 0.2) is 0 Å². The van der Waals surface area contributed by atoms with Crippen molar-refractivity contribution in [3.8, 4) is 0 Å². The van der Waals surface area contributed by atoms with Crippen LogP contribution in [-0.2, 0) is 9.53 Å². The molecule has 0 N–H and O–H groups in total. The smallest absolute Gasteiger partial charge is 0.293 e. The van der Waals surface area contributed by atoms with Crippen molar-refractivity contribution in [2.45, 2.75) is 59.5 Å². The van der Waals surface area contributed by atoms with E-state index in [1.807, 2.05) is 6.92 Å². The van der Waals surface area contributed by atoms with Gasteiger partial charge in [-0.25, -0.2) is 0 Å². The van der Waals surface area contributed by atoms with E-state index in [2.05, 4.69) is 20.8 Å². The van der Waals surface area contributed by atoms with Gasteiger partial charge in [-0.1, -0.05) is 27.2 Å². The first-order chi connectivity index (χ1) is 6.56. The highest BCUT2D eigenvalue weighted by atomic mass is 16.5. The quantitative estimate of drug-likeness (QED) is 0.561. The number of hydrogen-bond acceptors (Lipinski definition) is 2. The normalized spacial score (nSPS) is 15.2. The molecule has 0 aliphatic rings. The molecule has 0 rings (SSSR count). The minimum Gasteiger partial charge on any atom is -0.465 e. The highest BCUT2D eigenvalue weighted by Gasteiger charge is 2.06. The Bertz CT molecular complexity index is 143. The van der Waals surface area contributed by atoms with Crippen LogP contribution in [0.3, 0.4) is 0 Å². The van der Waals surface area contributed by atoms with Crippen LogP contribution in [0.1, 0.15) is 53.4 Å². The van der Waals surface area contributed by atoms with Gasteiger partial charge in [0.1, 0.15) is 0 Å². The van der Waals surface area contributed by atoms with Gasteiger partial charge in [0.05, 0.1) is 6.10 Å². The highest BCUT2D eigenvalue weighted by Crippen LogP contribution is 2.18. The van der Waals surface area contributed by atoms with E-state index in [-0.39, 0.29) is 6.10 Å². The summed E-state index contributed by atoms with van der Waals surface area (Å²) >= 11 is 0. The van der Waals surface area contributed by atoms with Gasteiger partial charge >= 0.3 is 0 Å². The summed E-state index contributed by atoms with van der Waals surface area (Å²) in [5.74, 6) is 1.58. The summed E-state index contributed by atoms with van der Waals surface area (Å²) in [7, 11) is 0. The van der Waals surface area contributed by atoms with Crippen molar-refractivity contribution in [1.82, 2.24) is 0 Å². The highest BCUT2D eigenvalue weighted by molar-refractivity contribution is 5.37. The van der Waals surface area contributed by atoms with Gasteiger partial charge in [-0.05, 0) is 38.0 Å². The molecule has 0 saturated heterocycles. The van der Waals surface area contributed by atoms with Crippen LogP contribution in [0.2, 0.25) is 0 Å². The number of hydrogen-bond donors (Lipinski definition) is 0. The molecule has 2 heteroatoms. The fraction of sp³-hybridized carbons (Fsp3) is 0.917. The molecule has 2 atom stereocenters. The summed E-state index contributed by atoms with van der Waals surface area (Å²) in [5.41, 5.74) is 0. The zero-order chi connectivity index (χ0) is 11.0. The van der Waals surface area contributed by atoms with Gasteiger partial charge in [-0.2, -0.15) is 0 Å². The maximum absolute atomic E-state index is 10.0. The third-order valence-corrected chi connectivity index (χ3v) is 2.47. The van der Waals surface area contributed by atoms with Crippen LogP contribution in [0.25, 0.3) is 0 Å². The minimum absolute atomic E-state index is 0.0822. The van der Waals surface area contributed by atoms with E-state index < -0.39 is 0 Å². The Kier molecular flexibility index (Phi) is 7.54. The van der Waals surface area contributed by atoms with Gasteiger partial charge in [-0.3, -0.25) is 4.79 Å². The van der Waals surface area contributed by atoms with Crippen molar-refractivity contribution in [2.75, 3.05) is 0 Å². The molecule has 84 valence electrons. The van der Waals surface area contributed by atoms with E-state index in [9.17, 15) is 4.79 Å². The van der Waals surface area contributed by atoms with Crippen molar-refractivity contribution < 1.29 is 9.53 Å². The lowest BCUT2D eigenvalue weighted by Crippen LogP contribution is -2.08. The van der Waals surface area contributed by atoms with Crippen molar-refractivity contribution >= 4 is 6.47 Å². The van der Waals surface area contributed by atoms with Gasteiger partial charge in [0, 0.05) is 0 Å². The van der Waals surface area contributed by atoms with Crippen LogP contribution in [-0.4, -0.2) is 12.6 Å². The Morgan fingerprint density at radius 3 is 2.29 bits per heavy atom. The molecule has 0 aliphatic carbocycles. The molecule has 0 spiro atoms. The molecule has 0 aliphatic heterocycles. The molecular weight excluding hydrogens is 176 g/mol. The maximum atomic E-state index is 10.0. The van der Waals surface area contributed by atoms with Crippen molar-refractivity contribution in [3.05, 3.63) is 0 Å². The van der Waals surface area contributed by atoms with Gasteiger partial charge in [0.2, 0.25) is 0 Å². The van der Waals surface area contributed by atoms with Gasteiger partial charge in [-0.15, -0.1) is 0 Å². The minimum atomic E-state index is 0.0822. The second kappa shape index (κ2) is 7.84. The molecule has 0 amide bonds. The largest absolute Gasteiger partial charge is 0.465 e. The molecule has 0 aromatic carbocycles. The van der Waals surface area contributed by atoms with E-state index >= 15 is 0 Å². The second-order valence-corrected chi connectivity index (χ2v) is 4.71. The van der Waals surface area contributed by atoms with Crippen LogP contribution in [0.15, 0.2) is 0 Å². The standard InChI is InChI=1S/C12H24O2/c1-10(2)8-11(3)6-5-7-12(4)14-9-13/h9-12H,5-8H2,1-4H3. The summed E-state index contributed by atoms with van der Waals surface area (Å²) in [4.78, 5) is 10.0. The van der Waals surface area contributed by atoms with Gasteiger partial charge < -0.3 is 4.74 Å². The molecule has 2 nitrogen and oxygen atoms in total. The molecule has 14 heavy (non-hydrogen) atoms. The van der Waals surface area contributed by atoms with Crippen LogP contribution in [0.5, 0.6) is 0 Å². The van der Waals surface area contributed by atoms with Crippen molar-refractivity contribution in [3.63, 3.8) is 0 Å². The molecule has 0 aromatic heterocycles. The van der Waals surface area contributed by atoms with Crippen LogP contribution in [0, 0.1) is 11.8 Å². The molecule has 0 radical (unpaired) electrons. The molecular formula is C12H24O2. The summed E-state index contributed by atoms with van der Waals surface area (Å²) in [6.07, 6.45) is 4.76. The predicted molar refractivity (Wildman–Crippen MR) is 59.1 cm³/mol. The van der Waals surface area contributed by atoms with E-state index in [0.717, 1.165) is 24.7 Å². The molecule has 0 saturated carbocycles. The number of rotatable bonds is 8. The Hall–Kier alpha value is -0.530. The second-order valence-electron chi connectivity index (χ2n) is 4.71. The Balaban J connectivity index is 3.38. The molecule has 0 fully saturated rings. The molecule has 2 unspecified atom stereocenters. The molecule has 0 heterocycles. The monoisotopic (exact) mass is 200 g/mol. The van der Waals surface area contributed by atoms with Crippen molar-refractivity contribution in [1.29, 1.82) is 0 Å². The summed E-state index contributed by atoms with van der Waals surface area (Å²) in [6.45, 7) is 9.30.